The van der Waals surface area contributed by atoms with Gasteiger partial charge in [-0.15, -0.1) is 0 Å². The Bertz CT molecular complexity index is 1340. The molecule has 0 rings (SSSR count). The average molecular weight is 1050 g/mol. The summed E-state index contributed by atoms with van der Waals surface area (Å²) >= 11 is 0. The minimum absolute atomic E-state index is 0.0761. The second-order valence-corrected chi connectivity index (χ2v) is 22.0. The molecule has 6 nitrogen and oxygen atoms in total. The Kier molecular flexibility index (Phi) is 61.2. The van der Waals surface area contributed by atoms with Crippen LogP contribution in [0.4, 0.5) is 0 Å². The van der Waals surface area contributed by atoms with E-state index in [1.165, 1.54) is 205 Å². The lowest BCUT2D eigenvalue weighted by Crippen LogP contribution is -2.30. The van der Waals surface area contributed by atoms with Gasteiger partial charge < -0.3 is 14.2 Å². The Labute approximate surface area is 466 Å². The van der Waals surface area contributed by atoms with Crippen molar-refractivity contribution in [2.45, 2.75) is 348 Å². The van der Waals surface area contributed by atoms with Gasteiger partial charge in [0.05, 0.1) is 0 Å². The topological polar surface area (TPSA) is 78.9 Å². The van der Waals surface area contributed by atoms with Crippen molar-refractivity contribution in [2.24, 2.45) is 0 Å². The summed E-state index contributed by atoms with van der Waals surface area (Å²) in [6.07, 6.45) is 80.9. The molecule has 0 aromatic heterocycles. The fourth-order valence-corrected chi connectivity index (χ4v) is 9.54. The van der Waals surface area contributed by atoms with E-state index in [1.54, 1.807) is 0 Å². The third-order valence-electron chi connectivity index (χ3n) is 14.5. The zero-order valence-electron chi connectivity index (χ0n) is 50.1. The highest BCUT2D eigenvalue weighted by molar-refractivity contribution is 5.71. The maximum Gasteiger partial charge on any atom is 0.306 e. The highest BCUT2D eigenvalue weighted by Gasteiger charge is 2.19. The number of allylic oxidation sites excluding steroid dienone is 10. The standard InChI is InChI=1S/C69H124O6/c1-4-7-10-13-16-19-22-25-27-28-29-30-31-32-33-34-35-36-37-38-39-40-42-44-47-50-53-56-59-62-68(71)74-65-66(64-73-67(70)61-58-55-52-49-46-43-24-21-18-15-12-9-6-3)75-69(72)63-60-57-54-51-48-45-41-26-23-20-17-14-11-8-5-2/h17,20,22,25-26,28-29,31-32,41,66H,4-16,18-19,21,23-24,27,30,33-40,42-65H2,1-3H3/b20-17-,25-22-,29-28-,32-31-,41-26-. The molecule has 6 heteroatoms. The van der Waals surface area contributed by atoms with Crippen molar-refractivity contribution in [1.29, 1.82) is 0 Å². The third-order valence-corrected chi connectivity index (χ3v) is 14.5. The molecule has 436 valence electrons. The molecule has 0 aromatic carbocycles. The molecule has 0 N–H and O–H groups in total. The van der Waals surface area contributed by atoms with Crippen LogP contribution in [0.1, 0.15) is 342 Å². The van der Waals surface area contributed by atoms with Gasteiger partial charge in [0.1, 0.15) is 13.2 Å². The summed E-state index contributed by atoms with van der Waals surface area (Å²) in [5.41, 5.74) is 0. The fraction of sp³-hybridized carbons (Fsp3) is 0.812. The number of ether oxygens (including phenoxy) is 3. The van der Waals surface area contributed by atoms with Crippen molar-refractivity contribution < 1.29 is 28.6 Å². The molecule has 0 saturated carbocycles. The molecule has 75 heavy (non-hydrogen) atoms. The second-order valence-electron chi connectivity index (χ2n) is 22.0. The second kappa shape index (κ2) is 63.6. The smallest absolute Gasteiger partial charge is 0.306 e. The minimum atomic E-state index is -0.780. The molecule has 0 radical (unpaired) electrons. The van der Waals surface area contributed by atoms with Crippen LogP contribution in [0.25, 0.3) is 0 Å². The van der Waals surface area contributed by atoms with Crippen LogP contribution < -0.4 is 0 Å². The summed E-state index contributed by atoms with van der Waals surface area (Å²) in [7, 11) is 0. The number of carbonyl (C=O) groups is 3. The number of hydrogen-bond donors (Lipinski definition) is 0. The van der Waals surface area contributed by atoms with Crippen molar-refractivity contribution >= 4 is 17.9 Å². The van der Waals surface area contributed by atoms with E-state index >= 15 is 0 Å². The Morgan fingerprint density at radius 2 is 0.480 bits per heavy atom. The molecule has 0 aliphatic carbocycles. The van der Waals surface area contributed by atoms with Crippen molar-refractivity contribution in [3.05, 3.63) is 60.8 Å². The molecule has 0 aromatic rings. The van der Waals surface area contributed by atoms with E-state index < -0.39 is 6.10 Å². The normalized spacial score (nSPS) is 12.4. The van der Waals surface area contributed by atoms with E-state index in [-0.39, 0.29) is 31.1 Å². The van der Waals surface area contributed by atoms with Gasteiger partial charge in [-0.2, -0.15) is 0 Å². The molecule has 0 fully saturated rings. The third kappa shape index (κ3) is 61.8. The molecule has 0 heterocycles. The first-order valence-electron chi connectivity index (χ1n) is 32.8. The monoisotopic (exact) mass is 1050 g/mol. The van der Waals surface area contributed by atoms with Crippen LogP contribution in [0.5, 0.6) is 0 Å². The summed E-state index contributed by atoms with van der Waals surface area (Å²) < 4.78 is 16.9. The summed E-state index contributed by atoms with van der Waals surface area (Å²) in [4.78, 5) is 38.3. The van der Waals surface area contributed by atoms with Crippen molar-refractivity contribution in [2.75, 3.05) is 13.2 Å². The average Bonchev–Trinajstić information content (AvgIpc) is 3.41. The Morgan fingerprint density at radius 1 is 0.267 bits per heavy atom. The quantitative estimate of drug-likeness (QED) is 0.0261. The largest absolute Gasteiger partial charge is 0.462 e. The van der Waals surface area contributed by atoms with Crippen LogP contribution in [-0.2, 0) is 28.6 Å². The lowest BCUT2D eigenvalue weighted by molar-refractivity contribution is -0.167. The lowest BCUT2D eigenvalue weighted by atomic mass is 10.0. The molecule has 1 atom stereocenters. The van der Waals surface area contributed by atoms with E-state index in [0.717, 1.165) is 96.3 Å². The van der Waals surface area contributed by atoms with Gasteiger partial charge in [0, 0.05) is 19.3 Å². The fourth-order valence-electron chi connectivity index (χ4n) is 9.54. The number of carbonyl (C=O) groups excluding carboxylic acids is 3. The molecule has 0 spiro atoms. The molecule has 0 saturated heterocycles. The summed E-state index contributed by atoms with van der Waals surface area (Å²) in [6, 6.07) is 0. The Morgan fingerprint density at radius 3 is 0.773 bits per heavy atom. The SMILES string of the molecule is CCCCC/C=C\C/C=C\CCCCCCCC(=O)OC(COC(=O)CCCCCCCCCCCCCCC)COC(=O)CCCCCCCCCCCCCCCC/C=C\C/C=C\C/C=C\CCCCCCC. The molecule has 0 amide bonds. The van der Waals surface area contributed by atoms with Crippen molar-refractivity contribution in [3.63, 3.8) is 0 Å². The maximum atomic E-state index is 12.9. The predicted molar refractivity (Wildman–Crippen MR) is 325 cm³/mol. The van der Waals surface area contributed by atoms with Gasteiger partial charge in [0.15, 0.2) is 6.10 Å². The highest BCUT2D eigenvalue weighted by Crippen LogP contribution is 2.17. The van der Waals surface area contributed by atoms with Gasteiger partial charge in [-0.05, 0) is 89.9 Å². The first-order chi connectivity index (χ1) is 37.0. The summed E-state index contributed by atoms with van der Waals surface area (Å²) in [5, 5.41) is 0. The van der Waals surface area contributed by atoms with Crippen LogP contribution in [-0.4, -0.2) is 37.2 Å². The summed E-state index contributed by atoms with van der Waals surface area (Å²) in [5.74, 6) is -0.873. The van der Waals surface area contributed by atoms with Crippen LogP contribution in [0.2, 0.25) is 0 Å². The van der Waals surface area contributed by atoms with E-state index in [2.05, 4.69) is 81.5 Å². The van der Waals surface area contributed by atoms with Crippen LogP contribution in [0.15, 0.2) is 60.8 Å². The van der Waals surface area contributed by atoms with Gasteiger partial charge in [-0.1, -0.05) is 293 Å². The predicted octanol–water partition coefficient (Wildman–Crippen LogP) is 22.3. The number of unbranched alkanes of at least 4 members (excludes halogenated alkanes) is 39. The molecule has 0 aliphatic rings. The Balaban J connectivity index is 4.21. The van der Waals surface area contributed by atoms with E-state index in [0.29, 0.717) is 19.3 Å². The zero-order chi connectivity index (χ0) is 54.3. The van der Waals surface area contributed by atoms with Crippen LogP contribution in [0, 0.1) is 0 Å². The van der Waals surface area contributed by atoms with Gasteiger partial charge in [-0.3, -0.25) is 14.4 Å². The Hall–Kier alpha value is -2.89. The number of hydrogen-bond acceptors (Lipinski definition) is 6. The van der Waals surface area contributed by atoms with Gasteiger partial charge in [-0.25, -0.2) is 0 Å². The van der Waals surface area contributed by atoms with Gasteiger partial charge in [0.2, 0.25) is 0 Å². The van der Waals surface area contributed by atoms with E-state index in [9.17, 15) is 14.4 Å². The van der Waals surface area contributed by atoms with Gasteiger partial charge >= 0.3 is 17.9 Å². The first-order valence-corrected chi connectivity index (χ1v) is 32.8. The number of rotatable bonds is 60. The molecule has 0 aliphatic heterocycles. The van der Waals surface area contributed by atoms with Crippen LogP contribution in [0.3, 0.4) is 0 Å². The molecular formula is C69H124O6. The number of esters is 3. The van der Waals surface area contributed by atoms with Crippen molar-refractivity contribution in [3.8, 4) is 0 Å². The zero-order valence-corrected chi connectivity index (χ0v) is 50.1. The van der Waals surface area contributed by atoms with Crippen LogP contribution >= 0.6 is 0 Å². The van der Waals surface area contributed by atoms with E-state index in [1.807, 2.05) is 0 Å². The highest BCUT2D eigenvalue weighted by atomic mass is 16.6. The van der Waals surface area contributed by atoms with Crippen molar-refractivity contribution in [1.82, 2.24) is 0 Å². The van der Waals surface area contributed by atoms with Gasteiger partial charge in [0.25, 0.3) is 0 Å². The summed E-state index contributed by atoms with van der Waals surface area (Å²) in [6.45, 7) is 6.63. The van der Waals surface area contributed by atoms with E-state index in [4.69, 9.17) is 14.2 Å². The molecular weight excluding hydrogens is 925 g/mol. The first kappa shape index (κ1) is 72.1. The lowest BCUT2D eigenvalue weighted by Gasteiger charge is -2.18. The molecule has 0 bridgehead atoms. The molecule has 1 unspecified atom stereocenters. The minimum Gasteiger partial charge on any atom is -0.462 e. The maximum absolute atomic E-state index is 12.9.